The Morgan fingerprint density at radius 1 is 1.15 bits per heavy atom. The molecule has 1 aliphatic rings. The summed E-state index contributed by atoms with van der Waals surface area (Å²) in [5, 5.41) is 13.9. The van der Waals surface area contributed by atoms with Crippen molar-refractivity contribution in [3.63, 3.8) is 0 Å². The highest BCUT2D eigenvalue weighted by atomic mass is 16.6. The van der Waals surface area contributed by atoms with Crippen molar-refractivity contribution in [3.8, 4) is 5.75 Å². The van der Waals surface area contributed by atoms with Crippen molar-refractivity contribution in [2.24, 2.45) is 0 Å². The minimum Gasteiger partial charge on any atom is -0.495 e. The van der Waals surface area contributed by atoms with Crippen LogP contribution in [-0.2, 0) is 15.6 Å². The molecule has 2 aromatic carbocycles. The van der Waals surface area contributed by atoms with Crippen LogP contribution in [0.4, 0.5) is 11.4 Å². The molecule has 0 atom stereocenters. The van der Waals surface area contributed by atoms with Crippen LogP contribution in [-0.4, -0.2) is 17.9 Å². The van der Waals surface area contributed by atoms with E-state index in [0.717, 1.165) is 18.4 Å². The molecule has 0 heterocycles. The number of nitrogens with one attached hydrogen (secondary N) is 1. The third-order valence-corrected chi connectivity index (χ3v) is 5.13. The minimum absolute atomic E-state index is 0.0494. The number of nitrogens with zero attached hydrogens (tertiary/aromatic N) is 1. The van der Waals surface area contributed by atoms with E-state index >= 15 is 0 Å². The summed E-state index contributed by atoms with van der Waals surface area (Å²) in [6, 6.07) is 12.3. The SMILES string of the molecule is COc1ccc([N+](=O)[O-])cc1NC(=O)C1(c2ccc(C(C)(C)C)cc2)CC1. The second-order valence-electron chi connectivity index (χ2n) is 8.01. The first-order valence-electron chi connectivity index (χ1n) is 8.92. The number of nitro groups is 1. The summed E-state index contributed by atoms with van der Waals surface area (Å²) in [6.07, 6.45) is 1.51. The van der Waals surface area contributed by atoms with Gasteiger partial charge in [0.1, 0.15) is 5.75 Å². The maximum atomic E-state index is 13.0. The summed E-state index contributed by atoms with van der Waals surface area (Å²) < 4.78 is 5.24. The predicted molar refractivity (Wildman–Crippen MR) is 104 cm³/mol. The summed E-state index contributed by atoms with van der Waals surface area (Å²) >= 11 is 0. The molecule has 1 saturated carbocycles. The molecule has 1 fully saturated rings. The van der Waals surface area contributed by atoms with E-state index < -0.39 is 10.3 Å². The van der Waals surface area contributed by atoms with E-state index in [1.807, 2.05) is 12.1 Å². The summed E-state index contributed by atoms with van der Waals surface area (Å²) in [4.78, 5) is 23.5. The third kappa shape index (κ3) is 3.65. The van der Waals surface area contributed by atoms with Crippen molar-refractivity contribution in [2.45, 2.75) is 44.4 Å². The van der Waals surface area contributed by atoms with Crippen molar-refractivity contribution in [2.75, 3.05) is 12.4 Å². The first-order valence-corrected chi connectivity index (χ1v) is 8.92. The first kappa shape index (κ1) is 18.9. The van der Waals surface area contributed by atoms with E-state index in [9.17, 15) is 14.9 Å². The highest BCUT2D eigenvalue weighted by Crippen LogP contribution is 2.49. The molecule has 0 unspecified atom stereocenters. The van der Waals surface area contributed by atoms with Crippen molar-refractivity contribution >= 4 is 17.3 Å². The number of hydrogen-bond donors (Lipinski definition) is 1. The quantitative estimate of drug-likeness (QED) is 0.619. The van der Waals surface area contributed by atoms with Gasteiger partial charge in [0.2, 0.25) is 5.91 Å². The van der Waals surface area contributed by atoms with Crippen molar-refractivity contribution in [1.82, 2.24) is 0 Å². The second kappa shape index (κ2) is 6.68. The van der Waals surface area contributed by atoms with Gasteiger partial charge >= 0.3 is 0 Å². The lowest BCUT2D eigenvalue weighted by Crippen LogP contribution is -2.28. The van der Waals surface area contributed by atoms with E-state index in [-0.39, 0.29) is 17.0 Å². The lowest BCUT2D eigenvalue weighted by Gasteiger charge is -2.21. The molecule has 27 heavy (non-hydrogen) atoms. The third-order valence-electron chi connectivity index (χ3n) is 5.13. The van der Waals surface area contributed by atoms with Crippen molar-refractivity contribution < 1.29 is 14.5 Å². The van der Waals surface area contributed by atoms with Gasteiger partial charge in [-0.2, -0.15) is 0 Å². The van der Waals surface area contributed by atoms with E-state index in [4.69, 9.17) is 4.74 Å². The number of anilines is 1. The molecule has 1 N–H and O–H groups in total. The van der Waals surface area contributed by atoms with Gasteiger partial charge in [-0.1, -0.05) is 45.0 Å². The average Bonchev–Trinajstić information content (AvgIpc) is 3.43. The molecule has 0 aliphatic heterocycles. The van der Waals surface area contributed by atoms with E-state index in [0.29, 0.717) is 11.4 Å². The number of carbonyl (C=O) groups is 1. The van der Waals surface area contributed by atoms with Crippen molar-refractivity contribution in [3.05, 3.63) is 63.7 Å². The highest BCUT2D eigenvalue weighted by Gasteiger charge is 2.51. The van der Waals surface area contributed by atoms with E-state index in [1.54, 1.807) is 0 Å². The van der Waals surface area contributed by atoms with Crippen molar-refractivity contribution in [1.29, 1.82) is 0 Å². The number of non-ortho nitro benzene ring substituents is 1. The Labute approximate surface area is 158 Å². The molecule has 3 rings (SSSR count). The van der Waals surface area contributed by atoms with Gasteiger partial charge in [-0.25, -0.2) is 0 Å². The van der Waals surface area contributed by atoms with E-state index in [1.165, 1.54) is 30.9 Å². The van der Waals surface area contributed by atoms with Gasteiger partial charge in [-0.3, -0.25) is 14.9 Å². The number of ether oxygens (including phenoxy) is 1. The normalized spacial score (nSPS) is 15.1. The highest BCUT2D eigenvalue weighted by molar-refractivity contribution is 6.02. The molecular weight excluding hydrogens is 344 g/mol. The Balaban J connectivity index is 1.86. The monoisotopic (exact) mass is 368 g/mol. The van der Waals surface area contributed by atoms with Crippen LogP contribution in [0.1, 0.15) is 44.7 Å². The zero-order chi connectivity index (χ0) is 19.8. The fraction of sp³-hybridized carbons (Fsp3) is 0.381. The molecule has 0 aromatic heterocycles. The maximum absolute atomic E-state index is 13.0. The number of hydrogen-bond acceptors (Lipinski definition) is 4. The van der Waals surface area contributed by atoms with Gasteiger partial charge in [-0.05, 0) is 35.4 Å². The second-order valence-corrected chi connectivity index (χ2v) is 8.01. The topological polar surface area (TPSA) is 81.5 Å². The number of nitro benzene ring substituents is 1. The predicted octanol–water partition coefficient (Wildman–Crippen LogP) is 4.57. The molecule has 142 valence electrons. The molecule has 6 nitrogen and oxygen atoms in total. The van der Waals surface area contributed by atoms with E-state index in [2.05, 4.69) is 38.2 Å². The lowest BCUT2D eigenvalue weighted by molar-refractivity contribution is -0.384. The summed E-state index contributed by atoms with van der Waals surface area (Å²) in [7, 11) is 1.47. The summed E-state index contributed by atoms with van der Waals surface area (Å²) in [5.74, 6) is 0.234. The Morgan fingerprint density at radius 2 is 1.78 bits per heavy atom. The Bertz CT molecular complexity index is 878. The number of methoxy groups -OCH3 is 1. The van der Waals surface area contributed by atoms with Crippen LogP contribution in [0.5, 0.6) is 5.75 Å². The van der Waals surface area contributed by atoms with Gasteiger partial charge in [0.05, 0.1) is 23.1 Å². The van der Waals surface area contributed by atoms with Gasteiger partial charge in [-0.15, -0.1) is 0 Å². The summed E-state index contributed by atoms with van der Waals surface area (Å²) in [5.41, 5.74) is 1.87. The van der Waals surface area contributed by atoms with Crippen LogP contribution in [0.3, 0.4) is 0 Å². The largest absolute Gasteiger partial charge is 0.495 e. The molecule has 0 saturated heterocycles. The minimum atomic E-state index is -0.577. The van der Waals surface area contributed by atoms with Crippen LogP contribution in [0.2, 0.25) is 0 Å². The Hall–Kier alpha value is -2.89. The Morgan fingerprint density at radius 3 is 2.26 bits per heavy atom. The van der Waals surface area contributed by atoms with Gasteiger partial charge in [0.15, 0.2) is 0 Å². The molecule has 6 heteroatoms. The molecule has 0 bridgehead atoms. The van der Waals surface area contributed by atoms with Gasteiger partial charge < -0.3 is 10.1 Å². The molecular formula is C21H24N2O4. The molecule has 1 amide bonds. The molecule has 0 radical (unpaired) electrons. The van der Waals surface area contributed by atoms with Crippen LogP contribution >= 0.6 is 0 Å². The Kier molecular flexibility index (Phi) is 4.68. The zero-order valence-electron chi connectivity index (χ0n) is 16.0. The summed E-state index contributed by atoms with van der Waals surface area (Å²) in [6.45, 7) is 6.45. The first-order chi connectivity index (χ1) is 12.7. The standard InChI is InChI=1S/C21H24N2O4/c1-20(2,3)14-5-7-15(8-6-14)21(11-12-21)19(24)22-17-13-16(23(25)26)9-10-18(17)27-4/h5-10,13H,11-12H2,1-4H3,(H,22,24). The van der Waals surface area contributed by atoms with Crippen LogP contribution in [0.15, 0.2) is 42.5 Å². The number of benzene rings is 2. The molecule has 1 aliphatic carbocycles. The van der Waals surface area contributed by atoms with Crippen LogP contribution < -0.4 is 10.1 Å². The fourth-order valence-corrected chi connectivity index (χ4v) is 3.21. The van der Waals surface area contributed by atoms with Crippen LogP contribution in [0.25, 0.3) is 0 Å². The number of amides is 1. The van der Waals surface area contributed by atoms with Gasteiger partial charge in [0, 0.05) is 12.1 Å². The number of carbonyl (C=O) groups excluding carboxylic acids is 1. The van der Waals surface area contributed by atoms with Crippen LogP contribution in [0, 0.1) is 10.1 Å². The average molecular weight is 368 g/mol. The zero-order valence-corrected chi connectivity index (χ0v) is 16.0. The fourth-order valence-electron chi connectivity index (χ4n) is 3.21. The smallest absolute Gasteiger partial charge is 0.271 e. The molecule has 2 aromatic rings. The maximum Gasteiger partial charge on any atom is 0.271 e. The lowest BCUT2D eigenvalue weighted by atomic mass is 9.85. The molecule has 0 spiro atoms. The number of rotatable bonds is 5. The van der Waals surface area contributed by atoms with Gasteiger partial charge in [0.25, 0.3) is 5.69 Å².